The SMILES string of the molecule is O=C(NCC1CC2C=CC1CC2)c1cccc(OC2CCN(C(=O)C3CC3)CC2)c1. The zero-order valence-corrected chi connectivity index (χ0v) is 17.6. The number of hydrogen-bond donors (Lipinski definition) is 1. The van der Waals surface area contributed by atoms with Crippen LogP contribution in [-0.2, 0) is 4.79 Å². The van der Waals surface area contributed by atoms with Crippen molar-refractivity contribution < 1.29 is 14.3 Å². The fourth-order valence-corrected chi connectivity index (χ4v) is 5.30. The first-order valence-corrected chi connectivity index (χ1v) is 11.7. The van der Waals surface area contributed by atoms with Gasteiger partial charge in [0.2, 0.25) is 5.91 Å². The first-order chi connectivity index (χ1) is 14.7. The lowest BCUT2D eigenvalue weighted by Crippen LogP contribution is -2.42. The highest BCUT2D eigenvalue weighted by molar-refractivity contribution is 5.94. The van der Waals surface area contributed by atoms with Crippen molar-refractivity contribution in [1.29, 1.82) is 0 Å². The van der Waals surface area contributed by atoms with E-state index >= 15 is 0 Å². The molecule has 30 heavy (non-hydrogen) atoms. The number of piperidine rings is 1. The summed E-state index contributed by atoms with van der Waals surface area (Å²) >= 11 is 0. The van der Waals surface area contributed by atoms with E-state index in [2.05, 4.69) is 17.5 Å². The molecule has 3 atom stereocenters. The van der Waals surface area contributed by atoms with Crippen LogP contribution in [-0.4, -0.2) is 42.5 Å². The highest BCUT2D eigenvalue weighted by atomic mass is 16.5. The van der Waals surface area contributed by atoms with Crippen molar-refractivity contribution >= 4 is 11.8 Å². The molecule has 1 aliphatic heterocycles. The van der Waals surface area contributed by atoms with Gasteiger partial charge in [-0.3, -0.25) is 9.59 Å². The number of nitrogens with zero attached hydrogens (tertiary/aromatic N) is 1. The summed E-state index contributed by atoms with van der Waals surface area (Å²) in [5, 5.41) is 3.15. The topological polar surface area (TPSA) is 58.6 Å². The molecule has 1 aromatic carbocycles. The molecule has 2 bridgehead atoms. The van der Waals surface area contributed by atoms with Gasteiger partial charge in [-0.1, -0.05) is 18.2 Å². The summed E-state index contributed by atoms with van der Waals surface area (Å²) in [6.07, 6.45) is 12.4. The lowest BCUT2D eigenvalue weighted by Gasteiger charge is -2.38. The second kappa shape index (κ2) is 8.44. The first kappa shape index (κ1) is 19.7. The molecule has 3 fully saturated rings. The van der Waals surface area contributed by atoms with Gasteiger partial charge >= 0.3 is 0 Å². The maximum absolute atomic E-state index is 12.7. The molecule has 1 saturated heterocycles. The van der Waals surface area contributed by atoms with Gasteiger partial charge in [-0.2, -0.15) is 0 Å². The number of carbonyl (C=O) groups excluding carboxylic acids is 2. The zero-order chi connectivity index (χ0) is 20.5. The van der Waals surface area contributed by atoms with Crippen molar-refractivity contribution in [3.63, 3.8) is 0 Å². The smallest absolute Gasteiger partial charge is 0.251 e. The Hall–Kier alpha value is -2.30. The molecule has 1 heterocycles. The Labute approximate surface area is 178 Å². The molecule has 5 nitrogen and oxygen atoms in total. The van der Waals surface area contributed by atoms with Crippen LogP contribution in [0.25, 0.3) is 0 Å². The molecular formula is C25H32N2O3. The van der Waals surface area contributed by atoms with Gasteiger partial charge in [-0.05, 0) is 68.1 Å². The highest BCUT2D eigenvalue weighted by Gasteiger charge is 2.35. The Morgan fingerprint density at radius 2 is 1.87 bits per heavy atom. The minimum atomic E-state index is -0.0178. The Balaban J connectivity index is 1.11. The number of benzene rings is 1. The van der Waals surface area contributed by atoms with Crippen LogP contribution in [0.15, 0.2) is 36.4 Å². The summed E-state index contributed by atoms with van der Waals surface area (Å²) in [7, 11) is 0. The van der Waals surface area contributed by atoms with Crippen LogP contribution in [0.2, 0.25) is 0 Å². The molecule has 2 amide bonds. The molecule has 6 rings (SSSR count). The van der Waals surface area contributed by atoms with Crippen LogP contribution < -0.4 is 10.1 Å². The Kier molecular flexibility index (Phi) is 5.53. The molecular weight excluding hydrogens is 376 g/mol. The van der Waals surface area contributed by atoms with Crippen molar-refractivity contribution in [1.82, 2.24) is 10.2 Å². The summed E-state index contributed by atoms with van der Waals surface area (Å²) in [6.45, 7) is 2.30. The monoisotopic (exact) mass is 408 g/mol. The van der Waals surface area contributed by atoms with E-state index in [1.54, 1.807) is 0 Å². The predicted octanol–water partition coefficient (Wildman–Crippen LogP) is 3.80. The molecule has 0 radical (unpaired) electrons. The second-order valence-corrected chi connectivity index (χ2v) is 9.54. The van der Waals surface area contributed by atoms with E-state index in [0.717, 1.165) is 51.1 Å². The van der Waals surface area contributed by atoms with Crippen molar-refractivity contribution in [3.8, 4) is 5.75 Å². The van der Waals surface area contributed by atoms with Crippen LogP contribution >= 0.6 is 0 Å². The number of rotatable bonds is 6. The third kappa shape index (κ3) is 4.40. The average Bonchev–Trinajstić information content (AvgIpc) is 3.64. The molecule has 3 unspecified atom stereocenters. The van der Waals surface area contributed by atoms with E-state index in [1.165, 1.54) is 19.3 Å². The van der Waals surface area contributed by atoms with Gasteiger partial charge in [-0.25, -0.2) is 0 Å². The largest absolute Gasteiger partial charge is 0.490 e. The Morgan fingerprint density at radius 1 is 1.03 bits per heavy atom. The van der Waals surface area contributed by atoms with E-state index in [0.29, 0.717) is 29.2 Å². The fraction of sp³-hybridized carbons (Fsp3) is 0.600. The van der Waals surface area contributed by atoms with Gasteiger partial charge in [0.05, 0.1) is 0 Å². The molecule has 5 heteroatoms. The molecule has 5 aliphatic rings. The molecule has 1 N–H and O–H groups in total. The number of likely N-dealkylation sites (tertiary alicyclic amines) is 1. The number of nitrogens with one attached hydrogen (secondary N) is 1. The van der Waals surface area contributed by atoms with Crippen LogP contribution in [0.4, 0.5) is 0 Å². The van der Waals surface area contributed by atoms with Gasteiger partial charge in [0.25, 0.3) is 5.91 Å². The Morgan fingerprint density at radius 3 is 2.53 bits per heavy atom. The Bertz CT molecular complexity index is 823. The highest BCUT2D eigenvalue weighted by Crippen LogP contribution is 2.40. The number of amides is 2. The first-order valence-electron chi connectivity index (χ1n) is 11.7. The number of hydrogen-bond acceptors (Lipinski definition) is 3. The predicted molar refractivity (Wildman–Crippen MR) is 115 cm³/mol. The minimum Gasteiger partial charge on any atom is -0.490 e. The zero-order valence-electron chi connectivity index (χ0n) is 17.6. The van der Waals surface area contributed by atoms with Gasteiger partial charge in [0, 0.05) is 44.0 Å². The molecule has 4 aliphatic carbocycles. The third-order valence-electron chi connectivity index (χ3n) is 7.32. The molecule has 160 valence electrons. The van der Waals surface area contributed by atoms with Gasteiger partial charge < -0.3 is 15.0 Å². The fourth-order valence-electron chi connectivity index (χ4n) is 5.30. The second-order valence-electron chi connectivity index (χ2n) is 9.54. The molecule has 0 aromatic heterocycles. The summed E-state index contributed by atoms with van der Waals surface area (Å²) < 4.78 is 6.16. The van der Waals surface area contributed by atoms with E-state index in [9.17, 15) is 9.59 Å². The number of fused-ring (bicyclic) bond motifs is 2. The van der Waals surface area contributed by atoms with Gasteiger partial charge in [0.15, 0.2) is 0 Å². The van der Waals surface area contributed by atoms with Gasteiger partial charge in [0.1, 0.15) is 11.9 Å². The van der Waals surface area contributed by atoms with E-state index < -0.39 is 0 Å². The van der Waals surface area contributed by atoms with Crippen LogP contribution in [0.3, 0.4) is 0 Å². The number of allylic oxidation sites excluding steroid dienone is 2. The van der Waals surface area contributed by atoms with Crippen molar-refractivity contribution in [3.05, 3.63) is 42.0 Å². The summed E-state index contributed by atoms with van der Waals surface area (Å²) in [6, 6.07) is 7.51. The standard InChI is InChI=1S/C25H32N2O3/c28-24(26-16-21-14-17-4-6-18(21)7-5-17)20-2-1-3-23(15-20)30-22-10-12-27(13-11-22)25(29)19-8-9-19/h1-4,6,15,17-19,21-22H,5,7-14,16H2,(H,26,28). The van der Waals surface area contributed by atoms with Crippen molar-refractivity contribution in [2.24, 2.45) is 23.7 Å². The van der Waals surface area contributed by atoms with Crippen LogP contribution in [0, 0.1) is 23.7 Å². The molecule has 2 saturated carbocycles. The average molecular weight is 409 g/mol. The summed E-state index contributed by atoms with van der Waals surface area (Å²) in [5.74, 6) is 3.25. The van der Waals surface area contributed by atoms with Crippen molar-refractivity contribution in [2.45, 2.75) is 51.0 Å². The maximum Gasteiger partial charge on any atom is 0.251 e. The summed E-state index contributed by atoms with van der Waals surface area (Å²) in [5.41, 5.74) is 0.658. The lowest BCUT2D eigenvalue weighted by atomic mass is 9.69. The van der Waals surface area contributed by atoms with E-state index in [-0.39, 0.29) is 17.9 Å². The van der Waals surface area contributed by atoms with E-state index in [1.807, 2.05) is 29.2 Å². The molecule has 0 spiro atoms. The molecule has 1 aromatic rings. The van der Waals surface area contributed by atoms with Crippen molar-refractivity contribution in [2.75, 3.05) is 19.6 Å². The van der Waals surface area contributed by atoms with Crippen LogP contribution in [0.1, 0.15) is 55.3 Å². The normalized spacial score (nSPS) is 28.4. The third-order valence-corrected chi connectivity index (χ3v) is 7.32. The van der Waals surface area contributed by atoms with Crippen LogP contribution in [0.5, 0.6) is 5.75 Å². The van der Waals surface area contributed by atoms with E-state index in [4.69, 9.17) is 4.74 Å². The summed E-state index contributed by atoms with van der Waals surface area (Å²) in [4.78, 5) is 26.9. The lowest BCUT2D eigenvalue weighted by molar-refractivity contribution is -0.134. The number of carbonyl (C=O) groups is 2. The number of ether oxygens (including phenoxy) is 1. The minimum absolute atomic E-state index is 0.0178. The van der Waals surface area contributed by atoms with Gasteiger partial charge in [-0.15, -0.1) is 0 Å². The quantitative estimate of drug-likeness (QED) is 0.729. The maximum atomic E-state index is 12.7.